The Morgan fingerprint density at radius 2 is 1.95 bits per heavy atom. The van der Waals surface area contributed by atoms with Gasteiger partial charge in [0.25, 0.3) is 0 Å². The normalized spacial score (nSPS) is 10.7. The zero-order valence-corrected chi connectivity index (χ0v) is 11.0. The molecular formula is C15H13NO2S. The first-order chi connectivity index (χ1) is 9.22. The van der Waals surface area contributed by atoms with E-state index in [0.29, 0.717) is 12.4 Å². The van der Waals surface area contributed by atoms with Gasteiger partial charge in [-0.3, -0.25) is 0 Å². The van der Waals surface area contributed by atoms with Gasteiger partial charge in [0.15, 0.2) is 0 Å². The first-order valence-corrected chi connectivity index (χ1v) is 6.73. The van der Waals surface area contributed by atoms with Crippen molar-refractivity contribution in [2.24, 2.45) is 0 Å². The van der Waals surface area contributed by atoms with Crippen molar-refractivity contribution < 1.29 is 9.84 Å². The number of anilines is 1. The predicted octanol–water partition coefficient (Wildman–Crippen LogP) is 3.77. The highest BCUT2D eigenvalue weighted by molar-refractivity contribution is 7.19. The summed E-state index contributed by atoms with van der Waals surface area (Å²) in [6.45, 7) is 0.474. The van der Waals surface area contributed by atoms with Crippen LogP contribution in [0.5, 0.6) is 11.5 Å². The topological polar surface area (TPSA) is 55.5 Å². The number of hydrogen-bond donors (Lipinski definition) is 2. The quantitative estimate of drug-likeness (QED) is 0.713. The van der Waals surface area contributed by atoms with Crippen molar-refractivity contribution in [2.75, 3.05) is 5.73 Å². The standard InChI is InChI=1S/C15H13NO2S/c16-14-6-1-3-10-7-13(19-15(10)14)9-18-12-5-2-4-11(17)8-12/h1-8,17H,9,16H2. The number of rotatable bonds is 3. The van der Waals surface area contributed by atoms with Gasteiger partial charge in [-0.25, -0.2) is 0 Å². The molecule has 0 spiro atoms. The van der Waals surface area contributed by atoms with Crippen LogP contribution in [0.15, 0.2) is 48.5 Å². The molecule has 0 atom stereocenters. The maximum absolute atomic E-state index is 9.37. The highest BCUT2D eigenvalue weighted by atomic mass is 32.1. The summed E-state index contributed by atoms with van der Waals surface area (Å²) in [4.78, 5) is 1.11. The Hall–Kier alpha value is -2.20. The number of thiophene rings is 1. The molecule has 0 radical (unpaired) electrons. The van der Waals surface area contributed by atoms with Crippen LogP contribution in [-0.4, -0.2) is 5.11 Å². The summed E-state index contributed by atoms with van der Waals surface area (Å²) in [5.74, 6) is 0.864. The predicted molar refractivity (Wildman–Crippen MR) is 78.7 cm³/mol. The average molecular weight is 271 g/mol. The van der Waals surface area contributed by atoms with Gasteiger partial charge < -0.3 is 15.6 Å². The van der Waals surface area contributed by atoms with Crippen LogP contribution in [0.25, 0.3) is 10.1 Å². The molecule has 0 saturated carbocycles. The number of aromatic hydroxyl groups is 1. The molecule has 3 nitrogen and oxygen atoms in total. The first kappa shape index (κ1) is 11.9. The van der Waals surface area contributed by atoms with Gasteiger partial charge in [-0.1, -0.05) is 18.2 Å². The third kappa shape index (κ3) is 2.48. The summed E-state index contributed by atoms with van der Waals surface area (Å²) < 4.78 is 6.75. The van der Waals surface area contributed by atoms with Crippen LogP contribution in [-0.2, 0) is 6.61 Å². The number of nitrogens with two attached hydrogens (primary N) is 1. The van der Waals surface area contributed by atoms with Crippen molar-refractivity contribution in [3.63, 3.8) is 0 Å². The van der Waals surface area contributed by atoms with Crippen molar-refractivity contribution in [3.8, 4) is 11.5 Å². The Morgan fingerprint density at radius 1 is 1.11 bits per heavy atom. The zero-order valence-electron chi connectivity index (χ0n) is 10.2. The van der Waals surface area contributed by atoms with Gasteiger partial charge in [0.2, 0.25) is 0 Å². The number of fused-ring (bicyclic) bond motifs is 1. The molecule has 0 aliphatic rings. The molecule has 3 N–H and O–H groups in total. The first-order valence-electron chi connectivity index (χ1n) is 5.91. The fourth-order valence-electron chi connectivity index (χ4n) is 1.94. The third-order valence-corrected chi connectivity index (χ3v) is 4.00. The molecule has 19 heavy (non-hydrogen) atoms. The van der Waals surface area contributed by atoms with E-state index in [4.69, 9.17) is 10.5 Å². The molecule has 3 aromatic rings. The summed E-state index contributed by atoms with van der Waals surface area (Å²) >= 11 is 1.63. The second-order valence-electron chi connectivity index (χ2n) is 4.26. The Bertz CT molecular complexity index is 721. The van der Waals surface area contributed by atoms with Crippen LogP contribution < -0.4 is 10.5 Å². The van der Waals surface area contributed by atoms with Crippen molar-refractivity contribution in [3.05, 3.63) is 53.4 Å². The lowest BCUT2D eigenvalue weighted by atomic mass is 10.2. The van der Waals surface area contributed by atoms with Gasteiger partial charge in [-0.15, -0.1) is 11.3 Å². The van der Waals surface area contributed by atoms with Crippen molar-refractivity contribution in [1.82, 2.24) is 0 Å². The van der Waals surface area contributed by atoms with Gasteiger partial charge in [0.05, 0.1) is 4.70 Å². The van der Waals surface area contributed by atoms with E-state index in [-0.39, 0.29) is 5.75 Å². The molecule has 0 unspecified atom stereocenters. The molecule has 2 aromatic carbocycles. The van der Waals surface area contributed by atoms with E-state index in [1.165, 1.54) is 0 Å². The van der Waals surface area contributed by atoms with Gasteiger partial charge >= 0.3 is 0 Å². The molecule has 0 bridgehead atoms. The van der Waals surface area contributed by atoms with Gasteiger partial charge in [-0.2, -0.15) is 0 Å². The number of phenolic OH excluding ortho intramolecular Hbond substituents is 1. The van der Waals surface area contributed by atoms with Crippen molar-refractivity contribution in [1.29, 1.82) is 0 Å². The van der Waals surface area contributed by atoms with Crippen LogP contribution in [0.1, 0.15) is 4.88 Å². The summed E-state index contributed by atoms with van der Waals surface area (Å²) in [5, 5.41) is 10.5. The molecule has 0 amide bonds. The maximum Gasteiger partial charge on any atom is 0.123 e. The molecule has 0 fully saturated rings. The minimum absolute atomic E-state index is 0.207. The number of ether oxygens (including phenoxy) is 1. The second-order valence-corrected chi connectivity index (χ2v) is 5.40. The third-order valence-electron chi connectivity index (χ3n) is 2.82. The molecule has 0 aliphatic carbocycles. The number of nitrogen functional groups attached to an aromatic ring is 1. The van der Waals surface area contributed by atoms with E-state index in [9.17, 15) is 5.11 Å². The Labute approximate surface area is 114 Å². The van der Waals surface area contributed by atoms with E-state index >= 15 is 0 Å². The molecule has 1 heterocycles. The Balaban J connectivity index is 1.80. The summed E-state index contributed by atoms with van der Waals surface area (Å²) in [6, 6.07) is 14.8. The van der Waals surface area contributed by atoms with E-state index in [0.717, 1.165) is 20.7 Å². The zero-order chi connectivity index (χ0) is 13.2. The lowest BCUT2D eigenvalue weighted by Gasteiger charge is -2.04. The van der Waals surface area contributed by atoms with Crippen LogP contribution in [0.4, 0.5) is 5.69 Å². The lowest BCUT2D eigenvalue weighted by Crippen LogP contribution is -1.91. The summed E-state index contributed by atoms with van der Waals surface area (Å²) in [5.41, 5.74) is 6.73. The second kappa shape index (κ2) is 4.82. The lowest BCUT2D eigenvalue weighted by molar-refractivity contribution is 0.308. The number of benzene rings is 2. The largest absolute Gasteiger partial charge is 0.508 e. The van der Waals surface area contributed by atoms with Crippen LogP contribution >= 0.6 is 11.3 Å². The highest BCUT2D eigenvalue weighted by Gasteiger charge is 2.05. The van der Waals surface area contributed by atoms with Gasteiger partial charge in [-0.05, 0) is 29.7 Å². The van der Waals surface area contributed by atoms with Crippen molar-refractivity contribution in [2.45, 2.75) is 6.61 Å². The SMILES string of the molecule is Nc1cccc2cc(COc3cccc(O)c3)sc12. The fourth-order valence-corrected chi connectivity index (χ4v) is 2.93. The Morgan fingerprint density at radius 3 is 2.74 bits per heavy atom. The summed E-state index contributed by atoms with van der Waals surface area (Å²) in [6.07, 6.45) is 0. The molecule has 3 rings (SSSR count). The summed E-state index contributed by atoms with van der Waals surface area (Å²) in [7, 11) is 0. The van der Waals surface area contributed by atoms with Gasteiger partial charge in [0.1, 0.15) is 18.1 Å². The van der Waals surface area contributed by atoms with E-state index < -0.39 is 0 Å². The number of phenols is 1. The van der Waals surface area contributed by atoms with E-state index in [1.54, 1.807) is 29.5 Å². The van der Waals surface area contributed by atoms with E-state index in [1.807, 2.05) is 24.3 Å². The van der Waals surface area contributed by atoms with Crippen LogP contribution in [0, 0.1) is 0 Å². The highest BCUT2D eigenvalue weighted by Crippen LogP contribution is 2.31. The molecule has 4 heteroatoms. The molecule has 0 saturated heterocycles. The molecule has 0 aliphatic heterocycles. The molecule has 1 aromatic heterocycles. The minimum Gasteiger partial charge on any atom is -0.508 e. The average Bonchev–Trinajstić information content (AvgIpc) is 2.81. The molecule has 96 valence electrons. The van der Waals surface area contributed by atoms with E-state index in [2.05, 4.69) is 6.07 Å². The molecular weight excluding hydrogens is 258 g/mol. The Kier molecular flexibility index (Phi) is 3.01. The number of hydrogen-bond acceptors (Lipinski definition) is 4. The monoisotopic (exact) mass is 271 g/mol. The van der Waals surface area contributed by atoms with Gasteiger partial charge in [0, 0.05) is 16.6 Å². The smallest absolute Gasteiger partial charge is 0.123 e. The van der Waals surface area contributed by atoms with Crippen molar-refractivity contribution >= 4 is 27.1 Å². The van der Waals surface area contributed by atoms with Crippen LogP contribution in [0.2, 0.25) is 0 Å². The maximum atomic E-state index is 9.37. The minimum atomic E-state index is 0.207. The van der Waals surface area contributed by atoms with Crippen LogP contribution in [0.3, 0.4) is 0 Å². The fraction of sp³-hybridized carbons (Fsp3) is 0.0667.